The number of benzene rings is 1. The van der Waals surface area contributed by atoms with Crippen molar-refractivity contribution in [3.05, 3.63) is 59.9 Å². The molecule has 0 unspecified atom stereocenters. The normalized spacial score (nSPS) is 10.2. The SMILES string of the molecule is CN(Cc1ccncc1)C(=O)CCc1ccccc1N. The van der Waals surface area contributed by atoms with E-state index in [0.717, 1.165) is 16.8 Å². The largest absolute Gasteiger partial charge is 0.399 e. The first-order chi connectivity index (χ1) is 9.66. The van der Waals surface area contributed by atoms with Gasteiger partial charge in [-0.1, -0.05) is 18.2 Å². The van der Waals surface area contributed by atoms with E-state index in [-0.39, 0.29) is 5.91 Å². The molecule has 0 aliphatic carbocycles. The van der Waals surface area contributed by atoms with Gasteiger partial charge >= 0.3 is 0 Å². The number of rotatable bonds is 5. The Bertz CT molecular complexity index is 569. The van der Waals surface area contributed by atoms with Crippen molar-refractivity contribution in [2.75, 3.05) is 12.8 Å². The summed E-state index contributed by atoms with van der Waals surface area (Å²) in [5.41, 5.74) is 8.73. The maximum Gasteiger partial charge on any atom is 0.222 e. The van der Waals surface area contributed by atoms with E-state index in [0.29, 0.717) is 19.4 Å². The second-order valence-electron chi connectivity index (χ2n) is 4.80. The summed E-state index contributed by atoms with van der Waals surface area (Å²) in [7, 11) is 1.82. The molecule has 2 rings (SSSR count). The van der Waals surface area contributed by atoms with Crippen LogP contribution in [0.2, 0.25) is 0 Å². The van der Waals surface area contributed by atoms with Gasteiger partial charge in [0, 0.05) is 38.1 Å². The van der Waals surface area contributed by atoms with Crippen molar-refractivity contribution in [2.24, 2.45) is 0 Å². The van der Waals surface area contributed by atoms with Crippen molar-refractivity contribution in [3.63, 3.8) is 0 Å². The minimum atomic E-state index is 0.116. The third kappa shape index (κ3) is 3.82. The number of pyridine rings is 1. The minimum Gasteiger partial charge on any atom is -0.399 e. The van der Waals surface area contributed by atoms with Crippen LogP contribution >= 0.6 is 0 Å². The number of aromatic nitrogens is 1. The molecule has 0 spiro atoms. The van der Waals surface area contributed by atoms with E-state index in [4.69, 9.17) is 5.73 Å². The number of nitrogens with zero attached hydrogens (tertiary/aromatic N) is 2. The highest BCUT2D eigenvalue weighted by Crippen LogP contribution is 2.13. The number of hydrogen-bond acceptors (Lipinski definition) is 3. The Morgan fingerprint density at radius 2 is 1.90 bits per heavy atom. The summed E-state index contributed by atoms with van der Waals surface area (Å²) in [6.45, 7) is 0.603. The lowest BCUT2D eigenvalue weighted by atomic mass is 10.1. The fourth-order valence-corrected chi connectivity index (χ4v) is 2.04. The third-order valence-corrected chi connectivity index (χ3v) is 3.26. The number of para-hydroxylation sites is 1. The van der Waals surface area contributed by atoms with Crippen LogP contribution in [0.15, 0.2) is 48.8 Å². The van der Waals surface area contributed by atoms with Gasteiger partial charge < -0.3 is 10.6 Å². The van der Waals surface area contributed by atoms with Crippen LogP contribution in [-0.4, -0.2) is 22.8 Å². The smallest absolute Gasteiger partial charge is 0.222 e. The van der Waals surface area contributed by atoms with E-state index in [1.165, 1.54) is 0 Å². The number of nitrogen functional groups attached to an aromatic ring is 1. The molecule has 4 nitrogen and oxygen atoms in total. The minimum absolute atomic E-state index is 0.116. The van der Waals surface area contributed by atoms with E-state index in [1.54, 1.807) is 17.3 Å². The van der Waals surface area contributed by atoms with Gasteiger partial charge in [0.2, 0.25) is 5.91 Å². The average Bonchev–Trinajstić information content (AvgIpc) is 2.47. The summed E-state index contributed by atoms with van der Waals surface area (Å²) in [5, 5.41) is 0. The molecule has 0 aliphatic rings. The number of amides is 1. The third-order valence-electron chi connectivity index (χ3n) is 3.26. The molecule has 0 saturated heterocycles. The molecule has 104 valence electrons. The Labute approximate surface area is 119 Å². The maximum atomic E-state index is 12.1. The first kappa shape index (κ1) is 14.1. The molecule has 0 saturated carbocycles. The van der Waals surface area contributed by atoms with Crippen molar-refractivity contribution in [1.82, 2.24) is 9.88 Å². The molecule has 0 radical (unpaired) electrons. The molecule has 2 N–H and O–H groups in total. The average molecular weight is 269 g/mol. The first-order valence-corrected chi connectivity index (χ1v) is 6.63. The highest BCUT2D eigenvalue weighted by Gasteiger charge is 2.10. The number of carbonyl (C=O) groups is 1. The van der Waals surface area contributed by atoms with Crippen LogP contribution in [0.3, 0.4) is 0 Å². The standard InChI is InChI=1S/C16H19N3O/c1-19(12-13-8-10-18-11-9-13)16(20)7-6-14-4-2-3-5-15(14)17/h2-5,8-11H,6-7,12,17H2,1H3. The summed E-state index contributed by atoms with van der Waals surface area (Å²) >= 11 is 0. The van der Waals surface area contributed by atoms with Crippen LogP contribution < -0.4 is 5.73 Å². The van der Waals surface area contributed by atoms with Gasteiger partial charge in [0.1, 0.15) is 0 Å². The van der Waals surface area contributed by atoms with Gasteiger partial charge in [-0.05, 0) is 35.7 Å². The molecule has 1 amide bonds. The Kier molecular flexibility index (Phi) is 4.71. The molecule has 0 bridgehead atoms. The molecule has 0 atom stereocenters. The fraction of sp³-hybridized carbons (Fsp3) is 0.250. The van der Waals surface area contributed by atoms with Crippen LogP contribution in [0.4, 0.5) is 5.69 Å². The van der Waals surface area contributed by atoms with E-state index in [1.807, 2.05) is 43.4 Å². The number of nitrogens with two attached hydrogens (primary N) is 1. The zero-order valence-electron chi connectivity index (χ0n) is 11.6. The summed E-state index contributed by atoms with van der Waals surface area (Å²) in [6, 6.07) is 11.5. The van der Waals surface area contributed by atoms with Gasteiger partial charge in [0.05, 0.1) is 0 Å². The molecular formula is C16H19N3O. The molecule has 1 heterocycles. The Hall–Kier alpha value is -2.36. The van der Waals surface area contributed by atoms with Gasteiger partial charge in [-0.3, -0.25) is 9.78 Å². The molecule has 0 fully saturated rings. The van der Waals surface area contributed by atoms with E-state index in [2.05, 4.69) is 4.98 Å². The van der Waals surface area contributed by atoms with Crippen molar-refractivity contribution in [3.8, 4) is 0 Å². The predicted octanol–water partition coefficient (Wildman–Crippen LogP) is 2.25. The summed E-state index contributed by atoms with van der Waals surface area (Å²) < 4.78 is 0. The molecule has 1 aromatic heterocycles. The topological polar surface area (TPSA) is 59.2 Å². The van der Waals surface area contributed by atoms with Crippen LogP contribution in [0.5, 0.6) is 0 Å². The Morgan fingerprint density at radius 1 is 1.20 bits per heavy atom. The van der Waals surface area contributed by atoms with Gasteiger partial charge in [0.25, 0.3) is 0 Å². The predicted molar refractivity (Wildman–Crippen MR) is 79.9 cm³/mol. The Balaban J connectivity index is 1.87. The van der Waals surface area contributed by atoms with Gasteiger partial charge in [-0.15, -0.1) is 0 Å². The zero-order valence-corrected chi connectivity index (χ0v) is 11.6. The van der Waals surface area contributed by atoms with Crippen molar-refractivity contribution >= 4 is 11.6 Å². The van der Waals surface area contributed by atoms with E-state index in [9.17, 15) is 4.79 Å². The quantitative estimate of drug-likeness (QED) is 0.847. The summed E-state index contributed by atoms with van der Waals surface area (Å²) in [6.07, 6.45) is 4.61. The lowest BCUT2D eigenvalue weighted by molar-refractivity contribution is -0.130. The summed E-state index contributed by atoms with van der Waals surface area (Å²) in [4.78, 5) is 17.8. The number of aryl methyl sites for hydroxylation is 1. The van der Waals surface area contributed by atoms with E-state index >= 15 is 0 Å². The number of hydrogen-bond donors (Lipinski definition) is 1. The molecule has 0 aliphatic heterocycles. The monoisotopic (exact) mass is 269 g/mol. The molecule has 1 aromatic carbocycles. The molecule has 2 aromatic rings. The Morgan fingerprint density at radius 3 is 2.60 bits per heavy atom. The number of anilines is 1. The second-order valence-corrected chi connectivity index (χ2v) is 4.80. The lowest BCUT2D eigenvalue weighted by Gasteiger charge is -2.17. The van der Waals surface area contributed by atoms with Gasteiger partial charge in [0.15, 0.2) is 0 Å². The molecule has 20 heavy (non-hydrogen) atoms. The molecule has 4 heteroatoms. The molecular weight excluding hydrogens is 250 g/mol. The van der Waals surface area contributed by atoms with Crippen LogP contribution in [0.1, 0.15) is 17.5 Å². The van der Waals surface area contributed by atoms with Gasteiger partial charge in [-0.2, -0.15) is 0 Å². The maximum absolute atomic E-state index is 12.1. The second kappa shape index (κ2) is 6.70. The fourth-order valence-electron chi connectivity index (χ4n) is 2.04. The van der Waals surface area contributed by atoms with Crippen LogP contribution in [-0.2, 0) is 17.8 Å². The highest BCUT2D eigenvalue weighted by atomic mass is 16.2. The van der Waals surface area contributed by atoms with Crippen molar-refractivity contribution < 1.29 is 4.79 Å². The summed E-state index contributed by atoms with van der Waals surface area (Å²) in [5.74, 6) is 0.116. The number of carbonyl (C=O) groups excluding carboxylic acids is 1. The lowest BCUT2D eigenvalue weighted by Crippen LogP contribution is -2.26. The first-order valence-electron chi connectivity index (χ1n) is 6.63. The van der Waals surface area contributed by atoms with Crippen LogP contribution in [0, 0.1) is 0 Å². The van der Waals surface area contributed by atoms with E-state index < -0.39 is 0 Å². The van der Waals surface area contributed by atoms with Gasteiger partial charge in [-0.25, -0.2) is 0 Å². The van der Waals surface area contributed by atoms with Crippen molar-refractivity contribution in [2.45, 2.75) is 19.4 Å². The highest BCUT2D eigenvalue weighted by molar-refractivity contribution is 5.76. The van der Waals surface area contributed by atoms with Crippen LogP contribution in [0.25, 0.3) is 0 Å². The zero-order chi connectivity index (χ0) is 14.4. The van der Waals surface area contributed by atoms with Crippen molar-refractivity contribution in [1.29, 1.82) is 0 Å².